The third kappa shape index (κ3) is 7.67. The van der Waals surface area contributed by atoms with Crippen molar-refractivity contribution in [1.29, 1.82) is 0 Å². The monoisotopic (exact) mass is 464 g/mol. The summed E-state index contributed by atoms with van der Waals surface area (Å²) in [6.07, 6.45) is 4.12. The number of ether oxygens (including phenoxy) is 3. The van der Waals surface area contributed by atoms with E-state index in [0.29, 0.717) is 50.3 Å². The highest BCUT2D eigenvalue weighted by atomic mass is 16.5. The van der Waals surface area contributed by atoms with Crippen LogP contribution in [0.2, 0.25) is 0 Å². The first-order valence-corrected chi connectivity index (χ1v) is 10.9. The molecule has 182 valence electrons. The Balaban J connectivity index is 2.23. The molecule has 1 aliphatic heterocycles. The van der Waals surface area contributed by atoms with Crippen molar-refractivity contribution in [3.8, 4) is 11.5 Å². The minimum Gasteiger partial charge on any atom is -0.493 e. The molecule has 0 spiro atoms. The van der Waals surface area contributed by atoms with Crippen LogP contribution in [0.1, 0.15) is 48.9 Å². The van der Waals surface area contributed by atoms with Gasteiger partial charge in [0.25, 0.3) is 5.91 Å². The number of carboxylic acid groups (broad SMARTS) is 1. The van der Waals surface area contributed by atoms with Crippen LogP contribution in [0.3, 0.4) is 0 Å². The summed E-state index contributed by atoms with van der Waals surface area (Å²) in [6.45, 7) is 4.17. The van der Waals surface area contributed by atoms with E-state index in [1.54, 1.807) is 4.90 Å². The van der Waals surface area contributed by atoms with Gasteiger partial charge in [0.15, 0.2) is 11.5 Å². The van der Waals surface area contributed by atoms with Crippen LogP contribution in [-0.4, -0.2) is 72.6 Å². The highest BCUT2D eigenvalue weighted by Gasteiger charge is 2.31. The standard InChI is InChI=1S/C23H32N2O8/c1-3-11-33-23(30)24-18-14-20(32-12-6-4-5-9-21(27)28)19(31-2)13-17(18)22(29)25-10-7-8-16(25)15-26/h3,13-14,16,26H,1,4-12,15H2,2H3,(H,24,30)(H,27,28)/t16-/m0/s1. The number of aliphatic hydroxyl groups excluding tert-OH is 1. The van der Waals surface area contributed by atoms with Crippen molar-refractivity contribution in [3.63, 3.8) is 0 Å². The first-order chi connectivity index (χ1) is 15.9. The smallest absolute Gasteiger partial charge is 0.411 e. The molecule has 10 heteroatoms. The minimum atomic E-state index is -0.835. The van der Waals surface area contributed by atoms with E-state index in [2.05, 4.69) is 11.9 Å². The SMILES string of the molecule is C=CCOC(=O)Nc1cc(OCCCCCC(=O)O)c(OC)cc1C(=O)N1CCC[C@H]1CO. The number of nitrogens with one attached hydrogen (secondary N) is 1. The number of methoxy groups -OCH3 is 1. The van der Waals surface area contributed by atoms with Crippen molar-refractivity contribution < 1.29 is 38.8 Å². The van der Waals surface area contributed by atoms with Crippen LogP contribution in [0, 0.1) is 0 Å². The molecule has 1 fully saturated rings. The highest BCUT2D eigenvalue weighted by molar-refractivity contribution is 6.03. The fourth-order valence-electron chi connectivity index (χ4n) is 3.58. The van der Waals surface area contributed by atoms with Gasteiger partial charge in [-0.15, -0.1) is 0 Å². The molecule has 1 aliphatic rings. The summed E-state index contributed by atoms with van der Waals surface area (Å²) in [6, 6.07) is 2.71. The Morgan fingerprint density at radius 1 is 1.24 bits per heavy atom. The van der Waals surface area contributed by atoms with Crippen LogP contribution in [-0.2, 0) is 9.53 Å². The number of amides is 2. The average Bonchev–Trinajstić information content (AvgIpc) is 3.28. The number of aliphatic carboxylic acids is 1. The fourth-order valence-corrected chi connectivity index (χ4v) is 3.58. The van der Waals surface area contributed by atoms with E-state index in [4.69, 9.17) is 19.3 Å². The predicted molar refractivity (Wildman–Crippen MR) is 121 cm³/mol. The quantitative estimate of drug-likeness (QED) is 0.299. The second kappa shape index (κ2) is 13.3. The minimum absolute atomic E-state index is 0.00365. The molecule has 0 aliphatic carbocycles. The number of rotatable bonds is 13. The van der Waals surface area contributed by atoms with Gasteiger partial charge in [-0.3, -0.25) is 14.9 Å². The van der Waals surface area contributed by atoms with Crippen molar-refractivity contribution in [1.82, 2.24) is 4.90 Å². The summed E-state index contributed by atoms with van der Waals surface area (Å²) < 4.78 is 16.2. The van der Waals surface area contributed by atoms with E-state index >= 15 is 0 Å². The van der Waals surface area contributed by atoms with Gasteiger partial charge in [-0.2, -0.15) is 0 Å². The molecule has 0 unspecified atom stereocenters. The average molecular weight is 465 g/mol. The lowest BCUT2D eigenvalue weighted by atomic mass is 10.1. The number of carbonyl (C=O) groups is 3. The molecule has 0 saturated carbocycles. The van der Waals surface area contributed by atoms with E-state index in [0.717, 1.165) is 6.42 Å². The van der Waals surface area contributed by atoms with Crippen LogP contribution in [0.25, 0.3) is 0 Å². The summed E-state index contributed by atoms with van der Waals surface area (Å²) in [5.74, 6) is -0.539. The van der Waals surface area contributed by atoms with Gasteiger partial charge in [0.1, 0.15) is 6.61 Å². The van der Waals surface area contributed by atoms with E-state index in [1.165, 1.54) is 25.3 Å². The molecule has 2 amide bonds. The molecule has 2 rings (SSSR count). The number of benzene rings is 1. The number of unbranched alkanes of at least 4 members (excludes halogenated alkanes) is 2. The van der Waals surface area contributed by atoms with Gasteiger partial charge in [-0.1, -0.05) is 12.7 Å². The molecule has 1 saturated heterocycles. The molecular weight excluding hydrogens is 432 g/mol. The number of carboxylic acids is 1. The van der Waals surface area contributed by atoms with E-state index in [-0.39, 0.29) is 42.8 Å². The second-order valence-electron chi connectivity index (χ2n) is 7.59. The predicted octanol–water partition coefficient (Wildman–Crippen LogP) is 3.05. The highest BCUT2D eigenvalue weighted by Crippen LogP contribution is 2.35. The van der Waals surface area contributed by atoms with Crippen molar-refractivity contribution in [2.75, 3.05) is 38.8 Å². The molecule has 3 N–H and O–H groups in total. The fraction of sp³-hybridized carbons (Fsp3) is 0.522. The number of carbonyl (C=O) groups excluding carboxylic acids is 2. The van der Waals surface area contributed by atoms with Gasteiger partial charge in [-0.05, 0) is 38.2 Å². The van der Waals surface area contributed by atoms with Gasteiger partial charge >= 0.3 is 12.1 Å². The molecule has 1 aromatic carbocycles. The molecule has 1 aromatic rings. The first kappa shape index (κ1) is 26.0. The number of anilines is 1. The van der Waals surface area contributed by atoms with Crippen LogP contribution < -0.4 is 14.8 Å². The Morgan fingerprint density at radius 3 is 2.70 bits per heavy atom. The number of likely N-dealkylation sites (tertiary alicyclic amines) is 1. The molecule has 10 nitrogen and oxygen atoms in total. The molecule has 1 heterocycles. The van der Waals surface area contributed by atoms with Gasteiger partial charge in [-0.25, -0.2) is 4.79 Å². The zero-order valence-electron chi connectivity index (χ0n) is 18.9. The summed E-state index contributed by atoms with van der Waals surface area (Å²) in [5.41, 5.74) is 0.385. The van der Waals surface area contributed by atoms with Crippen LogP contribution in [0.4, 0.5) is 10.5 Å². The second-order valence-corrected chi connectivity index (χ2v) is 7.59. The topological polar surface area (TPSA) is 135 Å². The van der Waals surface area contributed by atoms with Gasteiger partial charge in [0, 0.05) is 19.0 Å². The Labute approximate surface area is 193 Å². The number of aliphatic hydroxyl groups is 1. The maximum absolute atomic E-state index is 13.3. The van der Waals surface area contributed by atoms with Crippen molar-refractivity contribution in [3.05, 3.63) is 30.4 Å². The molecular formula is C23H32N2O8. The van der Waals surface area contributed by atoms with Crippen molar-refractivity contribution >= 4 is 23.7 Å². The molecule has 1 atom stereocenters. The maximum atomic E-state index is 13.3. The summed E-state index contributed by atoms with van der Waals surface area (Å²) in [5, 5.41) is 20.9. The number of nitrogens with zero attached hydrogens (tertiary/aromatic N) is 1. The largest absolute Gasteiger partial charge is 0.493 e. The molecule has 0 aromatic heterocycles. The third-order valence-corrected chi connectivity index (χ3v) is 5.24. The number of hydrogen-bond acceptors (Lipinski definition) is 7. The molecule has 33 heavy (non-hydrogen) atoms. The number of hydrogen-bond donors (Lipinski definition) is 3. The van der Waals surface area contributed by atoms with Gasteiger partial charge < -0.3 is 29.3 Å². The summed E-state index contributed by atoms with van der Waals surface area (Å²) in [7, 11) is 1.45. The van der Waals surface area contributed by atoms with Gasteiger partial charge in [0.05, 0.1) is 37.6 Å². The first-order valence-electron chi connectivity index (χ1n) is 10.9. The molecule has 0 bridgehead atoms. The lowest BCUT2D eigenvalue weighted by molar-refractivity contribution is -0.137. The Hall–Kier alpha value is -3.27. The lowest BCUT2D eigenvalue weighted by Gasteiger charge is -2.25. The maximum Gasteiger partial charge on any atom is 0.411 e. The zero-order valence-corrected chi connectivity index (χ0v) is 18.9. The summed E-state index contributed by atoms with van der Waals surface area (Å²) >= 11 is 0. The molecule has 0 radical (unpaired) electrons. The Kier molecular flexibility index (Phi) is 10.5. The van der Waals surface area contributed by atoms with E-state index in [9.17, 15) is 19.5 Å². The van der Waals surface area contributed by atoms with Crippen LogP contribution in [0.15, 0.2) is 24.8 Å². The summed E-state index contributed by atoms with van der Waals surface area (Å²) in [4.78, 5) is 37.6. The normalized spacial score (nSPS) is 15.1. The van der Waals surface area contributed by atoms with Crippen molar-refractivity contribution in [2.45, 2.75) is 44.6 Å². The Morgan fingerprint density at radius 2 is 2.03 bits per heavy atom. The zero-order chi connectivity index (χ0) is 24.2. The van der Waals surface area contributed by atoms with Crippen LogP contribution in [0.5, 0.6) is 11.5 Å². The van der Waals surface area contributed by atoms with E-state index in [1.807, 2.05) is 0 Å². The Bertz CT molecular complexity index is 842. The third-order valence-electron chi connectivity index (χ3n) is 5.24. The van der Waals surface area contributed by atoms with Gasteiger partial charge in [0.2, 0.25) is 0 Å². The van der Waals surface area contributed by atoms with Crippen molar-refractivity contribution in [2.24, 2.45) is 0 Å². The lowest BCUT2D eigenvalue weighted by Crippen LogP contribution is -2.38. The van der Waals surface area contributed by atoms with E-state index < -0.39 is 12.1 Å². The van der Waals surface area contributed by atoms with Crippen LogP contribution >= 0.6 is 0 Å².